The highest BCUT2D eigenvalue weighted by Gasteiger charge is 2.22. The van der Waals surface area contributed by atoms with Crippen molar-refractivity contribution in [1.29, 1.82) is 0 Å². The Morgan fingerprint density at radius 2 is 1.80 bits per heavy atom. The summed E-state index contributed by atoms with van der Waals surface area (Å²) in [6.07, 6.45) is 3.20. The molecule has 0 spiro atoms. The maximum atomic E-state index is 12.2. The molecule has 20 heavy (non-hydrogen) atoms. The van der Waals surface area contributed by atoms with Crippen molar-refractivity contribution < 1.29 is 19.8 Å². The Morgan fingerprint density at radius 1 is 1.15 bits per heavy atom. The third-order valence-electron chi connectivity index (χ3n) is 3.89. The van der Waals surface area contributed by atoms with Gasteiger partial charge in [0.15, 0.2) is 5.78 Å². The number of carboxylic acids is 1. The fourth-order valence-corrected chi connectivity index (χ4v) is 2.90. The molecule has 1 atom stereocenters. The first-order chi connectivity index (χ1) is 9.50. The number of Topliss-reactive ketones (excluding diaryl/α,β-unsaturated/α-hetero) is 1. The van der Waals surface area contributed by atoms with Gasteiger partial charge in [-0.05, 0) is 49.3 Å². The van der Waals surface area contributed by atoms with Crippen LogP contribution in [0.25, 0.3) is 0 Å². The third kappa shape index (κ3) is 3.07. The number of aliphatic carboxylic acids is 1. The fraction of sp³-hybridized carbons (Fsp3) is 0.500. The van der Waals surface area contributed by atoms with Crippen molar-refractivity contribution in [2.24, 2.45) is 0 Å². The monoisotopic (exact) mass is 276 g/mol. The van der Waals surface area contributed by atoms with Crippen LogP contribution >= 0.6 is 0 Å². The first-order valence-corrected chi connectivity index (χ1v) is 7.08. The van der Waals surface area contributed by atoms with E-state index >= 15 is 0 Å². The summed E-state index contributed by atoms with van der Waals surface area (Å²) in [6.45, 7) is 1.73. The zero-order valence-corrected chi connectivity index (χ0v) is 11.7. The average Bonchev–Trinajstić information content (AvgIpc) is 2.43. The van der Waals surface area contributed by atoms with E-state index in [0.29, 0.717) is 5.56 Å². The van der Waals surface area contributed by atoms with Gasteiger partial charge < -0.3 is 10.2 Å². The first kappa shape index (κ1) is 14.7. The SMILES string of the molecule is CC(O)c1ccc(C(=O)CCC(=O)O)c2c1CCCC2. The normalized spacial score (nSPS) is 15.5. The highest BCUT2D eigenvalue weighted by Crippen LogP contribution is 2.31. The maximum Gasteiger partial charge on any atom is 0.303 e. The highest BCUT2D eigenvalue weighted by molar-refractivity contribution is 5.99. The van der Waals surface area contributed by atoms with Gasteiger partial charge in [0.2, 0.25) is 0 Å². The van der Waals surface area contributed by atoms with Gasteiger partial charge in [0, 0.05) is 12.0 Å². The second-order valence-corrected chi connectivity index (χ2v) is 5.36. The topological polar surface area (TPSA) is 74.6 Å². The lowest BCUT2D eigenvalue weighted by atomic mass is 9.82. The number of benzene rings is 1. The second kappa shape index (κ2) is 6.18. The predicted molar refractivity (Wildman–Crippen MR) is 74.9 cm³/mol. The minimum atomic E-state index is -0.951. The zero-order chi connectivity index (χ0) is 14.7. The Morgan fingerprint density at radius 3 is 2.40 bits per heavy atom. The van der Waals surface area contributed by atoms with Gasteiger partial charge in [-0.25, -0.2) is 0 Å². The fourth-order valence-electron chi connectivity index (χ4n) is 2.90. The number of hydrogen-bond donors (Lipinski definition) is 2. The van der Waals surface area contributed by atoms with Crippen molar-refractivity contribution in [2.75, 3.05) is 0 Å². The molecule has 0 bridgehead atoms. The Labute approximate surface area is 118 Å². The summed E-state index contributed by atoms with van der Waals surface area (Å²) >= 11 is 0. The molecule has 2 N–H and O–H groups in total. The van der Waals surface area contributed by atoms with Crippen LogP contribution in [-0.4, -0.2) is 22.0 Å². The van der Waals surface area contributed by atoms with Crippen LogP contribution in [0, 0.1) is 0 Å². The summed E-state index contributed by atoms with van der Waals surface area (Å²) in [5.41, 5.74) is 3.65. The molecule has 4 heteroatoms. The number of fused-ring (bicyclic) bond motifs is 1. The smallest absolute Gasteiger partial charge is 0.303 e. The highest BCUT2D eigenvalue weighted by atomic mass is 16.4. The predicted octanol–water partition coefficient (Wildman–Crippen LogP) is 2.67. The molecule has 108 valence electrons. The molecule has 1 aromatic rings. The molecular weight excluding hydrogens is 256 g/mol. The molecule has 1 unspecified atom stereocenters. The van der Waals surface area contributed by atoms with Crippen LogP contribution < -0.4 is 0 Å². The average molecular weight is 276 g/mol. The van der Waals surface area contributed by atoms with E-state index in [0.717, 1.165) is 42.4 Å². The molecule has 0 aliphatic heterocycles. The minimum absolute atomic E-state index is 0.0375. The van der Waals surface area contributed by atoms with Crippen LogP contribution in [0.2, 0.25) is 0 Å². The molecule has 0 saturated heterocycles. The van der Waals surface area contributed by atoms with Crippen molar-refractivity contribution in [3.63, 3.8) is 0 Å². The van der Waals surface area contributed by atoms with Crippen LogP contribution in [0.15, 0.2) is 12.1 Å². The van der Waals surface area contributed by atoms with E-state index in [1.54, 1.807) is 13.0 Å². The van der Waals surface area contributed by atoms with Crippen molar-refractivity contribution in [1.82, 2.24) is 0 Å². The molecule has 0 amide bonds. The number of ketones is 1. The van der Waals surface area contributed by atoms with E-state index in [1.807, 2.05) is 6.07 Å². The van der Waals surface area contributed by atoms with Gasteiger partial charge >= 0.3 is 5.97 Å². The number of carboxylic acid groups (broad SMARTS) is 1. The van der Waals surface area contributed by atoms with E-state index < -0.39 is 12.1 Å². The Balaban J connectivity index is 2.35. The van der Waals surface area contributed by atoms with Crippen molar-refractivity contribution in [3.8, 4) is 0 Å². The van der Waals surface area contributed by atoms with E-state index in [2.05, 4.69) is 0 Å². The summed E-state index contributed by atoms with van der Waals surface area (Å²) < 4.78 is 0. The van der Waals surface area contributed by atoms with E-state index in [-0.39, 0.29) is 18.6 Å². The van der Waals surface area contributed by atoms with Gasteiger partial charge in [-0.1, -0.05) is 12.1 Å². The summed E-state index contributed by atoms with van der Waals surface area (Å²) in [6, 6.07) is 3.55. The first-order valence-electron chi connectivity index (χ1n) is 7.08. The summed E-state index contributed by atoms with van der Waals surface area (Å²) in [7, 11) is 0. The van der Waals surface area contributed by atoms with Crippen LogP contribution in [0.5, 0.6) is 0 Å². The Kier molecular flexibility index (Phi) is 4.55. The summed E-state index contributed by atoms with van der Waals surface area (Å²) in [5, 5.41) is 18.5. The molecule has 4 nitrogen and oxygen atoms in total. The van der Waals surface area contributed by atoms with Crippen LogP contribution in [0.4, 0.5) is 0 Å². The lowest BCUT2D eigenvalue weighted by Crippen LogP contribution is -2.15. The van der Waals surface area contributed by atoms with Gasteiger partial charge in [0.1, 0.15) is 0 Å². The van der Waals surface area contributed by atoms with Gasteiger partial charge in [0.05, 0.1) is 12.5 Å². The molecule has 2 rings (SSSR count). The lowest BCUT2D eigenvalue weighted by molar-refractivity contribution is -0.136. The van der Waals surface area contributed by atoms with Gasteiger partial charge in [0.25, 0.3) is 0 Å². The zero-order valence-electron chi connectivity index (χ0n) is 11.7. The van der Waals surface area contributed by atoms with Gasteiger partial charge in [-0.2, -0.15) is 0 Å². The second-order valence-electron chi connectivity index (χ2n) is 5.36. The summed E-state index contributed by atoms with van der Waals surface area (Å²) in [4.78, 5) is 22.8. The van der Waals surface area contributed by atoms with Crippen LogP contribution in [-0.2, 0) is 17.6 Å². The largest absolute Gasteiger partial charge is 0.481 e. The number of carbonyl (C=O) groups excluding carboxylic acids is 1. The number of aliphatic hydroxyl groups is 1. The van der Waals surface area contributed by atoms with E-state index in [1.165, 1.54) is 0 Å². The standard InChI is InChI=1S/C16H20O4/c1-10(17)11-6-7-14(15(18)8-9-16(19)20)13-5-3-2-4-12(11)13/h6-7,10,17H,2-5,8-9H2,1H3,(H,19,20). The van der Waals surface area contributed by atoms with Crippen molar-refractivity contribution >= 4 is 11.8 Å². The van der Waals surface area contributed by atoms with E-state index in [4.69, 9.17) is 5.11 Å². The van der Waals surface area contributed by atoms with Gasteiger partial charge in [-0.15, -0.1) is 0 Å². The quantitative estimate of drug-likeness (QED) is 0.811. The van der Waals surface area contributed by atoms with Crippen molar-refractivity contribution in [2.45, 2.75) is 51.6 Å². The molecule has 0 heterocycles. The molecule has 0 aromatic heterocycles. The molecule has 0 radical (unpaired) electrons. The van der Waals surface area contributed by atoms with Gasteiger partial charge in [-0.3, -0.25) is 9.59 Å². The maximum absolute atomic E-state index is 12.2. The Bertz CT molecular complexity index is 532. The molecule has 1 aliphatic rings. The van der Waals surface area contributed by atoms with Crippen LogP contribution in [0.3, 0.4) is 0 Å². The number of carbonyl (C=O) groups is 2. The number of aliphatic hydroxyl groups excluding tert-OH is 1. The lowest BCUT2D eigenvalue weighted by Gasteiger charge is -2.23. The Hall–Kier alpha value is -1.68. The molecule has 0 saturated carbocycles. The molecule has 1 aromatic carbocycles. The third-order valence-corrected chi connectivity index (χ3v) is 3.89. The molecule has 0 fully saturated rings. The molecular formula is C16H20O4. The van der Waals surface area contributed by atoms with Crippen LogP contribution in [0.1, 0.15) is 65.8 Å². The number of rotatable bonds is 5. The molecule has 1 aliphatic carbocycles. The van der Waals surface area contributed by atoms with Crippen molar-refractivity contribution in [3.05, 3.63) is 34.4 Å². The summed E-state index contributed by atoms with van der Waals surface area (Å²) in [5.74, 6) is -1.06. The minimum Gasteiger partial charge on any atom is -0.481 e. The number of hydrogen-bond acceptors (Lipinski definition) is 3. The van der Waals surface area contributed by atoms with E-state index in [9.17, 15) is 14.7 Å².